The standard InChI is InChI=1S/C10H12FN.CH2O2/c11-9-3-1-8(2-4-9)7-12-10-5-6-10;2-1-3/h1-4,10,12H,5-7H2;1H,(H,2,3). The SMILES string of the molecule is Fc1ccc(CNC2CC2)cc1.O=CO. The number of rotatable bonds is 3. The second-order valence-corrected chi connectivity index (χ2v) is 3.39. The first kappa shape index (κ1) is 11.7. The summed E-state index contributed by atoms with van der Waals surface area (Å²) < 4.78 is 12.5. The molecule has 1 aromatic rings. The smallest absolute Gasteiger partial charge is 0.290 e. The van der Waals surface area contributed by atoms with Gasteiger partial charge in [-0.2, -0.15) is 0 Å². The summed E-state index contributed by atoms with van der Waals surface area (Å²) in [5.41, 5.74) is 1.16. The highest BCUT2D eigenvalue weighted by molar-refractivity contribution is 5.32. The molecule has 0 radical (unpaired) electrons. The van der Waals surface area contributed by atoms with E-state index in [0.717, 1.165) is 18.2 Å². The van der Waals surface area contributed by atoms with E-state index < -0.39 is 0 Å². The third-order valence-corrected chi connectivity index (χ3v) is 2.09. The van der Waals surface area contributed by atoms with Crippen LogP contribution in [0.4, 0.5) is 4.39 Å². The summed E-state index contributed by atoms with van der Waals surface area (Å²) in [6.07, 6.45) is 2.59. The van der Waals surface area contributed by atoms with Crippen molar-refractivity contribution in [3.8, 4) is 0 Å². The lowest BCUT2D eigenvalue weighted by Gasteiger charge is -2.01. The highest BCUT2D eigenvalue weighted by Crippen LogP contribution is 2.19. The van der Waals surface area contributed by atoms with Crippen LogP contribution >= 0.6 is 0 Å². The van der Waals surface area contributed by atoms with Crippen molar-refractivity contribution in [2.24, 2.45) is 0 Å². The van der Waals surface area contributed by atoms with Gasteiger partial charge in [-0.25, -0.2) is 4.39 Å². The Kier molecular flexibility index (Phi) is 4.77. The number of carboxylic acid groups (broad SMARTS) is 1. The molecule has 0 spiro atoms. The monoisotopic (exact) mass is 211 g/mol. The molecular weight excluding hydrogens is 197 g/mol. The fourth-order valence-electron chi connectivity index (χ4n) is 1.15. The van der Waals surface area contributed by atoms with E-state index in [0.29, 0.717) is 0 Å². The Bertz CT molecular complexity index is 296. The number of hydrogen-bond donors (Lipinski definition) is 2. The molecule has 0 atom stereocenters. The summed E-state index contributed by atoms with van der Waals surface area (Å²) in [5.74, 6) is -0.162. The molecule has 3 nitrogen and oxygen atoms in total. The first-order chi connectivity index (χ1) is 7.26. The van der Waals surface area contributed by atoms with Gasteiger partial charge in [0.2, 0.25) is 0 Å². The molecule has 1 aromatic carbocycles. The largest absolute Gasteiger partial charge is 0.483 e. The topological polar surface area (TPSA) is 49.3 Å². The van der Waals surface area contributed by atoms with Crippen LogP contribution in [0.15, 0.2) is 24.3 Å². The van der Waals surface area contributed by atoms with Gasteiger partial charge >= 0.3 is 0 Å². The van der Waals surface area contributed by atoms with E-state index >= 15 is 0 Å². The quantitative estimate of drug-likeness (QED) is 0.749. The maximum Gasteiger partial charge on any atom is 0.290 e. The molecule has 1 fully saturated rings. The minimum Gasteiger partial charge on any atom is -0.483 e. The van der Waals surface area contributed by atoms with Gasteiger partial charge in [-0.3, -0.25) is 4.79 Å². The van der Waals surface area contributed by atoms with Gasteiger partial charge in [0.15, 0.2) is 0 Å². The van der Waals surface area contributed by atoms with Gasteiger partial charge < -0.3 is 10.4 Å². The highest BCUT2D eigenvalue weighted by atomic mass is 19.1. The van der Waals surface area contributed by atoms with Gasteiger partial charge in [0.25, 0.3) is 6.47 Å². The van der Waals surface area contributed by atoms with Crippen molar-refractivity contribution < 1.29 is 14.3 Å². The molecular formula is C11H14FNO2. The van der Waals surface area contributed by atoms with E-state index in [-0.39, 0.29) is 12.3 Å². The van der Waals surface area contributed by atoms with Gasteiger partial charge in [0.05, 0.1) is 0 Å². The summed E-state index contributed by atoms with van der Waals surface area (Å²) in [6, 6.07) is 7.37. The molecule has 1 saturated carbocycles. The second-order valence-electron chi connectivity index (χ2n) is 3.39. The van der Waals surface area contributed by atoms with Gasteiger partial charge in [-0.15, -0.1) is 0 Å². The Hall–Kier alpha value is -1.42. The molecule has 0 saturated heterocycles. The highest BCUT2D eigenvalue weighted by Gasteiger charge is 2.19. The van der Waals surface area contributed by atoms with E-state index in [1.165, 1.54) is 25.0 Å². The zero-order chi connectivity index (χ0) is 11.1. The average molecular weight is 211 g/mol. The minimum atomic E-state index is -0.250. The van der Waals surface area contributed by atoms with E-state index in [2.05, 4.69) is 5.32 Å². The Balaban J connectivity index is 0.000000337. The van der Waals surface area contributed by atoms with Crippen molar-refractivity contribution in [1.29, 1.82) is 0 Å². The third kappa shape index (κ3) is 5.12. The zero-order valence-electron chi connectivity index (χ0n) is 8.32. The first-order valence-electron chi connectivity index (χ1n) is 4.82. The molecule has 1 aliphatic rings. The third-order valence-electron chi connectivity index (χ3n) is 2.09. The van der Waals surface area contributed by atoms with E-state index in [9.17, 15) is 4.39 Å². The molecule has 15 heavy (non-hydrogen) atoms. The van der Waals surface area contributed by atoms with Gasteiger partial charge in [0.1, 0.15) is 5.82 Å². The minimum absolute atomic E-state index is 0.162. The normalized spacial score (nSPS) is 13.9. The Morgan fingerprint density at radius 3 is 2.40 bits per heavy atom. The molecule has 0 unspecified atom stereocenters. The van der Waals surface area contributed by atoms with Crippen molar-refractivity contribution in [3.05, 3.63) is 35.6 Å². The molecule has 4 heteroatoms. The van der Waals surface area contributed by atoms with Crippen molar-refractivity contribution in [2.45, 2.75) is 25.4 Å². The number of carbonyl (C=O) groups is 1. The zero-order valence-corrected chi connectivity index (χ0v) is 8.32. The Morgan fingerprint density at radius 1 is 1.40 bits per heavy atom. The summed E-state index contributed by atoms with van der Waals surface area (Å²) >= 11 is 0. The van der Waals surface area contributed by atoms with Gasteiger partial charge in [0, 0.05) is 12.6 Å². The van der Waals surface area contributed by atoms with Crippen LogP contribution in [0.2, 0.25) is 0 Å². The van der Waals surface area contributed by atoms with Gasteiger partial charge in [-0.05, 0) is 30.5 Å². The molecule has 0 amide bonds. The van der Waals surface area contributed by atoms with Crippen molar-refractivity contribution >= 4 is 6.47 Å². The lowest BCUT2D eigenvalue weighted by atomic mass is 10.2. The van der Waals surface area contributed by atoms with Crippen LogP contribution in [0.3, 0.4) is 0 Å². The number of halogens is 1. The van der Waals surface area contributed by atoms with Crippen LogP contribution in [-0.2, 0) is 11.3 Å². The van der Waals surface area contributed by atoms with Crippen LogP contribution in [0.1, 0.15) is 18.4 Å². The summed E-state index contributed by atoms with van der Waals surface area (Å²) in [6.45, 7) is 0.616. The van der Waals surface area contributed by atoms with E-state index in [1.54, 1.807) is 0 Å². The van der Waals surface area contributed by atoms with Crippen LogP contribution in [0.5, 0.6) is 0 Å². The van der Waals surface area contributed by atoms with E-state index in [4.69, 9.17) is 9.90 Å². The fourth-order valence-corrected chi connectivity index (χ4v) is 1.15. The summed E-state index contributed by atoms with van der Waals surface area (Å²) in [7, 11) is 0. The van der Waals surface area contributed by atoms with Crippen LogP contribution in [0.25, 0.3) is 0 Å². The molecule has 2 N–H and O–H groups in total. The molecule has 2 rings (SSSR count). The Labute approximate surface area is 87.9 Å². The molecule has 0 bridgehead atoms. The summed E-state index contributed by atoms with van der Waals surface area (Å²) in [5, 5.41) is 10.3. The lowest BCUT2D eigenvalue weighted by molar-refractivity contribution is -0.122. The van der Waals surface area contributed by atoms with E-state index in [1.807, 2.05) is 12.1 Å². The van der Waals surface area contributed by atoms with Gasteiger partial charge in [-0.1, -0.05) is 12.1 Å². The number of nitrogens with one attached hydrogen (secondary N) is 1. The molecule has 0 aromatic heterocycles. The van der Waals surface area contributed by atoms with Crippen molar-refractivity contribution in [2.75, 3.05) is 0 Å². The molecule has 82 valence electrons. The predicted molar refractivity (Wildman–Crippen MR) is 55.0 cm³/mol. The van der Waals surface area contributed by atoms with Crippen LogP contribution < -0.4 is 5.32 Å². The van der Waals surface area contributed by atoms with Crippen LogP contribution in [0, 0.1) is 5.82 Å². The van der Waals surface area contributed by atoms with Crippen molar-refractivity contribution in [1.82, 2.24) is 5.32 Å². The van der Waals surface area contributed by atoms with Crippen molar-refractivity contribution in [3.63, 3.8) is 0 Å². The maximum atomic E-state index is 12.5. The van der Waals surface area contributed by atoms with Crippen LogP contribution in [-0.4, -0.2) is 17.6 Å². The predicted octanol–water partition coefficient (Wildman–Crippen LogP) is 1.78. The molecule has 1 aliphatic carbocycles. The average Bonchev–Trinajstić information content (AvgIpc) is 3.02. The second kappa shape index (κ2) is 6.14. The molecule has 0 heterocycles. The fraction of sp³-hybridized carbons (Fsp3) is 0.364. The first-order valence-corrected chi connectivity index (χ1v) is 4.82. The number of hydrogen-bond acceptors (Lipinski definition) is 2. The number of benzene rings is 1. The Morgan fingerprint density at radius 2 is 1.93 bits per heavy atom. The maximum absolute atomic E-state index is 12.5. The lowest BCUT2D eigenvalue weighted by Crippen LogP contribution is -2.15. The molecule has 0 aliphatic heterocycles. The summed E-state index contributed by atoms with van der Waals surface area (Å²) in [4.78, 5) is 8.36.